The van der Waals surface area contributed by atoms with E-state index in [-0.39, 0.29) is 35.0 Å². The number of hydrogen-bond donors (Lipinski definition) is 1. The molecule has 10 nitrogen and oxygen atoms in total. The van der Waals surface area contributed by atoms with Gasteiger partial charge in [0.1, 0.15) is 5.82 Å². The fourth-order valence-corrected chi connectivity index (χ4v) is 6.37. The van der Waals surface area contributed by atoms with Gasteiger partial charge in [-0.1, -0.05) is 22.9 Å². The van der Waals surface area contributed by atoms with Gasteiger partial charge in [-0.2, -0.15) is 10.4 Å². The normalized spacial score (nSPS) is 22.0. The lowest BCUT2D eigenvalue weighted by molar-refractivity contribution is 0.0606. The van der Waals surface area contributed by atoms with Gasteiger partial charge in [0.05, 0.1) is 41.2 Å². The van der Waals surface area contributed by atoms with Crippen LogP contribution in [-0.2, 0) is 10.0 Å². The first-order chi connectivity index (χ1) is 18.0. The summed E-state index contributed by atoms with van der Waals surface area (Å²) in [5.41, 5.74) is 2.94. The number of fused-ring (bicyclic) bond motifs is 1. The first-order valence-electron chi connectivity index (χ1n) is 12.6. The molecule has 1 N–H and O–H groups in total. The molecule has 2 fully saturated rings. The summed E-state index contributed by atoms with van der Waals surface area (Å²) in [6, 6.07) is 9.00. The zero-order valence-corrected chi connectivity index (χ0v) is 24.0. The number of aryl methyl sites for hydroxylation is 1. The molecule has 0 radical (unpaired) electrons. The van der Waals surface area contributed by atoms with Crippen molar-refractivity contribution < 1.29 is 13.2 Å². The SMILES string of the molecule is Cc1cn2nc([C@@H]3CCCCN3C(=O)c3cc(Br)ccc3NS(C)(=O)=O)cc2nc1N1C[C@@H](C#N)[C@@H](C)C1. The van der Waals surface area contributed by atoms with E-state index in [1.165, 1.54) is 0 Å². The van der Waals surface area contributed by atoms with Crippen molar-refractivity contribution in [2.45, 2.75) is 39.2 Å². The Morgan fingerprint density at radius 2 is 2.03 bits per heavy atom. The number of amides is 1. The van der Waals surface area contributed by atoms with Gasteiger partial charge in [0, 0.05) is 41.9 Å². The van der Waals surface area contributed by atoms with Crippen molar-refractivity contribution in [3.8, 4) is 6.07 Å². The minimum absolute atomic E-state index is 0.0187. The van der Waals surface area contributed by atoms with E-state index in [4.69, 9.17) is 10.1 Å². The Balaban J connectivity index is 1.48. The summed E-state index contributed by atoms with van der Waals surface area (Å²) < 4.78 is 28.8. The average molecular weight is 601 g/mol. The van der Waals surface area contributed by atoms with Gasteiger partial charge in [-0.25, -0.2) is 17.9 Å². The molecule has 200 valence electrons. The number of sulfonamides is 1. The van der Waals surface area contributed by atoms with E-state index in [0.29, 0.717) is 23.2 Å². The molecule has 2 aliphatic rings. The molecule has 0 aliphatic carbocycles. The van der Waals surface area contributed by atoms with E-state index in [2.05, 4.69) is 38.5 Å². The molecule has 1 aromatic carbocycles. The molecular weight excluding hydrogens is 570 g/mol. The number of likely N-dealkylation sites (tertiary alicyclic amines) is 1. The standard InChI is InChI=1S/C26H30BrN7O3S/c1-16-13-32(15-18(16)12-28)25-17(2)14-34-24(29-25)11-22(30-34)23-6-4-5-9-33(23)26(35)20-10-19(27)7-8-21(20)31-38(3,36)37/h7-8,10-11,14,16,18,23,31H,4-6,9,13,15H2,1-3H3/t16-,18+,23-/m0/s1. The zero-order chi connectivity index (χ0) is 27.2. The van der Waals surface area contributed by atoms with Crippen LogP contribution >= 0.6 is 15.9 Å². The molecular formula is C26H30BrN7O3S. The Hall–Kier alpha value is -3.17. The number of nitrogens with zero attached hydrogens (tertiary/aromatic N) is 6. The fourth-order valence-electron chi connectivity index (χ4n) is 5.43. The fraction of sp³-hybridized carbons (Fsp3) is 0.462. The molecule has 1 amide bonds. The molecule has 0 saturated carbocycles. The maximum atomic E-state index is 13.8. The van der Waals surface area contributed by atoms with E-state index in [9.17, 15) is 18.5 Å². The first-order valence-corrected chi connectivity index (χ1v) is 15.3. The number of halogens is 1. The van der Waals surface area contributed by atoms with Crippen molar-refractivity contribution in [1.82, 2.24) is 19.5 Å². The second-order valence-corrected chi connectivity index (χ2v) is 13.0. The molecule has 2 aliphatic heterocycles. The van der Waals surface area contributed by atoms with Crippen molar-refractivity contribution in [2.24, 2.45) is 11.8 Å². The highest BCUT2D eigenvalue weighted by molar-refractivity contribution is 9.10. The summed E-state index contributed by atoms with van der Waals surface area (Å²) >= 11 is 3.41. The number of nitriles is 1. The van der Waals surface area contributed by atoms with Crippen LogP contribution in [-0.4, -0.2) is 59.7 Å². The van der Waals surface area contributed by atoms with Gasteiger partial charge in [0.2, 0.25) is 10.0 Å². The molecule has 0 unspecified atom stereocenters. The lowest BCUT2D eigenvalue weighted by Crippen LogP contribution is -2.39. The van der Waals surface area contributed by atoms with E-state index < -0.39 is 10.0 Å². The number of piperidine rings is 1. The number of anilines is 2. The van der Waals surface area contributed by atoms with Crippen LogP contribution in [0.4, 0.5) is 11.5 Å². The van der Waals surface area contributed by atoms with Gasteiger partial charge >= 0.3 is 0 Å². The Bertz CT molecular complexity index is 1550. The van der Waals surface area contributed by atoms with Gasteiger partial charge in [0.15, 0.2) is 5.65 Å². The smallest absolute Gasteiger partial charge is 0.256 e. The monoisotopic (exact) mass is 599 g/mol. The van der Waals surface area contributed by atoms with Crippen LogP contribution in [0.25, 0.3) is 5.65 Å². The van der Waals surface area contributed by atoms with Crippen molar-refractivity contribution in [3.05, 3.63) is 51.8 Å². The Kier molecular flexibility index (Phi) is 7.09. The number of carbonyl (C=O) groups excluding carboxylic acids is 1. The number of nitrogens with one attached hydrogen (secondary N) is 1. The summed E-state index contributed by atoms with van der Waals surface area (Å²) in [5.74, 6) is 0.864. The number of benzene rings is 1. The predicted molar refractivity (Wildman–Crippen MR) is 148 cm³/mol. The molecule has 4 heterocycles. The largest absolute Gasteiger partial charge is 0.355 e. The Morgan fingerprint density at radius 3 is 2.74 bits per heavy atom. The number of hydrogen-bond acceptors (Lipinski definition) is 7. The maximum absolute atomic E-state index is 13.8. The minimum Gasteiger partial charge on any atom is -0.355 e. The average Bonchev–Trinajstić information content (AvgIpc) is 3.45. The molecule has 2 aromatic heterocycles. The number of rotatable bonds is 5. The third kappa shape index (κ3) is 5.22. The molecule has 3 aromatic rings. The summed E-state index contributed by atoms with van der Waals surface area (Å²) in [7, 11) is -3.57. The van der Waals surface area contributed by atoms with Crippen LogP contribution in [0.1, 0.15) is 53.8 Å². The van der Waals surface area contributed by atoms with Crippen LogP contribution in [0.3, 0.4) is 0 Å². The van der Waals surface area contributed by atoms with Crippen molar-refractivity contribution in [2.75, 3.05) is 35.5 Å². The molecule has 38 heavy (non-hydrogen) atoms. The van der Waals surface area contributed by atoms with Gasteiger partial charge in [-0.05, 0) is 50.3 Å². The molecule has 0 spiro atoms. The molecule has 12 heteroatoms. The molecule has 2 saturated heterocycles. The predicted octanol–water partition coefficient (Wildman–Crippen LogP) is 4.14. The lowest BCUT2D eigenvalue weighted by atomic mass is 9.98. The summed E-state index contributed by atoms with van der Waals surface area (Å²) in [5, 5.41) is 14.3. The van der Waals surface area contributed by atoms with Crippen molar-refractivity contribution >= 4 is 49.0 Å². The minimum atomic E-state index is -3.57. The third-order valence-electron chi connectivity index (χ3n) is 7.31. The second kappa shape index (κ2) is 10.2. The quantitative estimate of drug-likeness (QED) is 0.467. The Labute approximate surface area is 230 Å². The van der Waals surface area contributed by atoms with Crippen LogP contribution in [0.15, 0.2) is 34.9 Å². The van der Waals surface area contributed by atoms with Crippen LogP contribution in [0.2, 0.25) is 0 Å². The van der Waals surface area contributed by atoms with Gasteiger partial charge < -0.3 is 9.80 Å². The highest BCUT2D eigenvalue weighted by Crippen LogP contribution is 2.35. The van der Waals surface area contributed by atoms with Gasteiger partial charge in [-0.15, -0.1) is 0 Å². The molecule has 0 bridgehead atoms. The molecule has 3 atom stereocenters. The maximum Gasteiger partial charge on any atom is 0.256 e. The third-order valence-corrected chi connectivity index (χ3v) is 8.40. The van der Waals surface area contributed by atoms with Gasteiger partial charge in [0.25, 0.3) is 5.91 Å². The number of carbonyl (C=O) groups is 1. The van der Waals surface area contributed by atoms with Crippen molar-refractivity contribution in [1.29, 1.82) is 5.26 Å². The van der Waals surface area contributed by atoms with Crippen LogP contribution in [0.5, 0.6) is 0 Å². The van der Waals surface area contributed by atoms with Gasteiger partial charge in [-0.3, -0.25) is 9.52 Å². The van der Waals surface area contributed by atoms with E-state index in [1.54, 1.807) is 27.6 Å². The highest BCUT2D eigenvalue weighted by atomic mass is 79.9. The summed E-state index contributed by atoms with van der Waals surface area (Å²) in [6.45, 7) is 6.07. The first kappa shape index (κ1) is 26.4. The van der Waals surface area contributed by atoms with Crippen LogP contribution in [0, 0.1) is 30.1 Å². The van der Waals surface area contributed by atoms with E-state index in [0.717, 1.165) is 49.1 Å². The van der Waals surface area contributed by atoms with Crippen LogP contribution < -0.4 is 9.62 Å². The number of aromatic nitrogens is 3. The topological polar surface area (TPSA) is 124 Å². The second-order valence-electron chi connectivity index (χ2n) is 10.3. The van der Waals surface area contributed by atoms with E-state index >= 15 is 0 Å². The highest BCUT2D eigenvalue weighted by Gasteiger charge is 2.34. The summed E-state index contributed by atoms with van der Waals surface area (Å²) in [4.78, 5) is 22.7. The molecule has 5 rings (SSSR count). The zero-order valence-electron chi connectivity index (χ0n) is 21.6. The Morgan fingerprint density at radius 1 is 1.24 bits per heavy atom. The van der Waals surface area contributed by atoms with E-state index in [1.807, 2.05) is 19.2 Å². The lowest BCUT2D eigenvalue weighted by Gasteiger charge is -2.35. The van der Waals surface area contributed by atoms with Crippen molar-refractivity contribution in [3.63, 3.8) is 0 Å². The summed E-state index contributed by atoms with van der Waals surface area (Å²) in [6.07, 6.45) is 5.57.